The first-order valence-electron chi connectivity index (χ1n) is 6.34. The highest BCUT2D eigenvalue weighted by Crippen LogP contribution is 2.58. The summed E-state index contributed by atoms with van der Waals surface area (Å²) in [5.41, 5.74) is 7.55. The maximum Gasteiger partial charge on any atom is 0.0453 e. The molecule has 92 valence electrons. The largest absolute Gasteiger partial charge is 0.324 e. The van der Waals surface area contributed by atoms with E-state index >= 15 is 0 Å². The molecule has 3 rings (SSSR count). The van der Waals surface area contributed by atoms with Crippen molar-refractivity contribution in [1.82, 2.24) is 0 Å². The van der Waals surface area contributed by atoms with Crippen LogP contribution in [0.1, 0.15) is 31.2 Å². The van der Waals surface area contributed by atoms with E-state index < -0.39 is 0 Å². The van der Waals surface area contributed by atoms with Gasteiger partial charge in [0.25, 0.3) is 0 Å². The molecule has 0 spiro atoms. The van der Waals surface area contributed by atoms with Gasteiger partial charge in [0.2, 0.25) is 0 Å². The summed E-state index contributed by atoms with van der Waals surface area (Å²) in [6.45, 7) is 0. The highest BCUT2D eigenvalue weighted by molar-refractivity contribution is 6.36. The fourth-order valence-electron chi connectivity index (χ4n) is 3.57. The van der Waals surface area contributed by atoms with Crippen molar-refractivity contribution in [2.75, 3.05) is 0 Å². The number of rotatable bonds is 2. The van der Waals surface area contributed by atoms with Gasteiger partial charge in [-0.25, -0.2) is 0 Å². The van der Waals surface area contributed by atoms with Gasteiger partial charge >= 0.3 is 0 Å². The normalized spacial score (nSPS) is 35.5. The third kappa shape index (κ3) is 1.89. The predicted octanol–water partition coefficient (Wildman–Crippen LogP) is 4.05. The van der Waals surface area contributed by atoms with E-state index in [0.717, 1.165) is 22.0 Å². The third-order valence-corrected chi connectivity index (χ3v) is 5.29. The summed E-state index contributed by atoms with van der Waals surface area (Å²) in [6, 6.07) is 5.69. The van der Waals surface area contributed by atoms with Gasteiger partial charge in [-0.3, -0.25) is 0 Å². The molecular formula is C14H17Cl2N. The summed E-state index contributed by atoms with van der Waals surface area (Å²) in [4.78, 5) is 0. The van der Waals surface area contributed by atoms with Crippen molar-refractivity contribution in [3.63, 3.8) is 0 Å². The summed E-state index contributed by atoms with van der Waals surface area (Å²) >= 11 is 12.4. The topological polar surface area (TPSA) is 26.0 Å². The van der Waals surface area contributed by atoms with Crippen LogP contribution in [-0.2, 0) is 6.42 Å². The van der Waals surface area contributed by atoms with Crippen LogP contribution in [0.5, 0.6) is 0 Å². The van der Waals surface area contributed by atoms with Crippen molar-refractivity contribution in [3.05, 3.63) is 33.8 Å². The van der Waals surface area contributed by atoms with E-state index in [1.807, 2.05) is 18.2 Å². The molecule has 0 saturated heterocycles. The van der Waals surface area contributed by atoms with Gasteiger partial charge in [0.15, 0.2) is 0 Å². The van der Waals surface area contributed by atoms with Crippen molar-refractivity contribution in [3.8, 4) is 0 Å². The molecule has 1 aromatic rings. The van der Waals surface area contributed by atoms with Crippen molar-refractivity contribution in [2.24, 2.45) is 17.6 Å². The van der Waals surface area contributed by atoms with Gasteiger partial charge < -0.3 is 5.73 Å². The Labute approximate surface area is 112 Å². The fraction of sp³-hybridized carbons (Fsp3) is 0.571. The molecule has 2 N–H and O–H groups in total. The smallest absolute Gasteiger partial charge is 0.0453 e. The summed E-state index contributed by atoms with van der Waals surface area (Å²) in [6.07, 6.45) is 6.06. The zero-order chi connectivity index (χ0) is 12.0. The maximum atomic E-state index is 6.55. The monoisotopic (exact) mass is 269 g/mol. The SMILES string of the molecule is NC1(Cc2c(Cl)cccc2Cl)C2CCCCC21. The van der Waals surface area contributed by atoms with Crippen LogP contribution in [0, 0.1) is 11.8 Å². The Morgan fingerprint density at radius 2 is 1.65 bits per heavy atom. The molecule has 2 aliphatic carbocycles. The first-order chi connectivity index (χ1) is 8.13. The minimum atomic E-state index is -0.0366. The summed E-state index contributed by atoms with van der Waals surface area (Å²) < 4.78 is 0. The van der Waals surface area contributed by atoms with Gasteiger partial charge in [-0.2, -0.15) is 0 Å². The molecule has 0 aromatic heterocycles. The number of benzene rings is 1. The molecule has 2 fully saturated rings. The molecule has 2 unspecified atom stereocenters. The van der Waals surface area contributed by atoms with E-state index in [1.54, 1.807) is 0 Å². The lowest BCUT2D eigenvalue weighted by molar-refractivity contribution is 0.480. The number of fused-ring (bicyclic) bond motifs is 1. The van der Waals surface area contributed by atoms with Gasteiger partial charge in [0.1, 0.15) is 0 Å². The molecule has 1 nitrogen and oxygen atoms in total. The summed E-state index contributed by atoms with van der Waals surface area (Å²) in [5.74, 6) is 1.40. The van der Waals surface area contributed by atoms with Crippen LogP contribution in [0.15, 0.2) is 18.2 Å². The van der Waals surface area contributed by atoms with E-state index in [2.05, 4.69) is 0 Å². The highest BCUT2D eigenvalue weighted by Gasteiger charge is 2.61. The Kier molecular flexibility index (Phi) is 2.89. The van der Waals surface area contributed by atoms with E-state index in [4.69, 9.17) is 28.9 Å². The van der Waals surface area contributed by atoms with Gasteiger partial charge in [-0.05, 0) is 48.8 Å². The average Bonchev–Trinajstić information content (AvgIpc) is 2.91. The van der Waals surface area contributed by atoms with Crippen molar-refractivity contribution < 1.29 is 0 Å². The second-order valence-electron chi connectivity index (χ2n) is 5.49. The van der Waals surface area contributed by atoms with Gasteiger partial charge in [0.05, 0.1) is 0 Å². The maximum absolute atomic E-state index is 6.55. The summed E-state index contributed by atoms with van der Waals surface area (Å²) in [5, 5.41) is 1.51. The lowest BCUT2D eigenvalue weighted by Gasteiger charge is -2.14. The Morgan fingerprint density at radius 1 is 1.12 bits per heavy atom. The lowest BCUT2D eigenvalue weighted by atomic mass is 10.0. The quantitative estimate of drug-likeness (QED) is 0.861. The van der Waals surface area contributed by atoms with E-state index in [9.17, 15) is 0 Å². The predicted molar refractivity (Wildman–Crippen MR) is 72.5 cm³/mol. The van der Waals surface area contributed by atoms with Crippen LogP contribution in [0.25, 0.3) is 0 Å². The van der Waals surface area contributed by atoms with Gasteiger partial charge in [-0.15, -0.1) is 0 Å². The Bertz CT molecular complexity index is 412. The first kappa shape index (κ1) is 11.8. The van der Waals surface area contributed by atoms with Crippen molar-refractivity contribution >= 4 is 23.2 Å². The second kappa shape index (κ2) is 4.15. The molecule has 17 heavy (non-hydrogen) atoms. The number of hydrogen-bond acceptors (Lipinski definition) is 1. The van der Waals surface area contributed by atoms with Crippen LogP contribution in [0.2, 0.25) is 10.0 Å². The molecule has 0 amide bonds. The van der Waals surface area contributed by atoms with E-state index in [0.29, 0.717) is 11.8 Å². The first-order valence-corrected chi connectivity index (χ1v) is 7.10. The number of nitrogens with two attached hydrogens (primary N) is 1. The van der Waals surface area contributed by atoms with Crippen molar-refractivity contribution in [1.29, 1.82) is 0 Å². The molecule has 3 heteroatoms. The zero-order valence-corrected chi connectivity index (χ0v) is 11.3. The highest BCUT2D eigenvalue weighted by atomic mass is 35.5. The molecule has 0 bridgehead atoms. The van der Waals surface area contributed by atoms with Crippen LogP contribution in [0.4, 0.5) is 0 Å². The molecule has 0 heterocycles. The van der Waals surface area contributed by atoms with E-state index in [1.165, 1.54) is 25.7 Å². The van der Waals surface area contributed by atoms with Gasteiger partial charge in [0, 0.05) is 15.6 Å². The molecule has 2 aliphatic rings. The van der Waals surface area contributed by atoms with Crippen molar-refractivity contribution in [2.45, 2.75) is 37.6 Å². The van der Waals surface area contributed by atoms with Crippen LogP contribution < -0.4 is 5.73 Å². The minimum Gasteiger partial charge on any atom is -0.324 e. The third-order valence-electron chi connectivity index (χ3n) is 4.58. The molecule has 2 atom stereocenters. The fourth-order valence-corrected chi connectivity index (χ4v) is 4.10. The lowest BCUT2D eigenvalue weighted by Crippen LogP contribution is -2.30. The van der Waals surface area contributed by atoms with E-state index in [-0.39, 0.29) is 5.54 Å². The molecule has 0 aliphatic heterocycles. The Balaban J connectivity index is 1.84. The van der Waals surface area contributed by atoms with Crippen LogP contribution in [0.3, 0.4) is 0 Å². The molecule has 0 radical (unpaired) electrons. The van der Waals surface area contributed by atoms with Gasteiger partial charge in [-0.1, -0.05) is 42.1 Å². The zero-order valence-electron chi connectivity index (χ0n) is 9.76. The Morgan fingerprint density at radius 3 is 2.18 bits per heavy atom. The molecule has 1 aromatic carbocycles. The molecular weight excluding hydrogens is 253 g/mol. The number of halogens is 2. The Hall–Kier alpha value is -0.240. The van der Waals surface area contributed by atoms with Crippen LogP contribution >= 0.6 is 23.2 Å². The standard InChI is InChI=1S/C14H17Cl2N/c15-12-6-3-7-13(16)9(12)8-14(17)10-4-1-2-5-11(10)14/h3,6-7,10-11H,1-2,4-5,8,17H2. The number of hydrogen-bond donors (Lipinski definition) is 1. The van der Waals surface area contributed by atoms with Crippen LogP contribution in [-0.4, -0.2) is 5.54 Å². The summed E-state index contributed by atoms with van der Waals surface area (Å²) in [7, 11) is 0. The minimum absolute atomic E-state index is 0.0366. The second-order valence-corrected chi connectivity index (χ2v) is 6.30. The molecule has 2 saturated carbocycles. The average molecular weight is 270 g/mol.